The van der Waals surface area contributed by atoms with Gasteiger partial charge >= 0.3 is 0 Å². The molecule has 0 saturated carbocycles. The van der Waals surface area contributed by atoms with Crippen molar-refractivity contribution in [1.29, 1.82) is 0 Å². The minimum absolute atomic E-state index is 0.131. The van der Waals surface area contributed by atoms with E-state index in [9.17, 15) is 4.21 Å². The van der Waals surface area contributed by atoms with Gasteiger partial charge in [-0.15, -0.1) is 0 Å². The second-order valence-corrected chi connectivity index (χ2v) is 4.47. The van der Waals surface area contributed by atoms with Gasteiger partial charge in [-0.3, -0.25) is 4.21 Å². The maximum absolute atomic E-state index is 11.3. The molecule has 0 aliphatic carbocycles. The highest BCUT2D eigenvalue weighted by Crippen LogP contribution is 1.97. The zero-order valence-electron chi connectivity index (χ0n) is 7.21. The largest absolute Gasteiger partial charge is 0.383 e. The van der Waals surface area contributed by atoms with Crippen LogP contribution in [0.4, 0.5) is 0 Å². The summed E-state index contributed by atoms with van der Waals surface area (Å²) in [7, 11) is 0.852. The Bertz CT molecular complexity index is 119. The fraction of sp³-hybridized carbons (Fsp3) is 1.00. The van der Waals surface area contributed by atoms with Crippen LogP contribution in [0.3, 0.4) is 0 Å². The monoisotopic (exact) mass is 179 g/mol. The van der Waals surface area contributed by atoms with E-state index >= 15 is 0 Å². The van der Waals surface area contributed by atoms with E-state index in [0.29, 0.717) is 18.9 Å². The zero-order valence-corrected chi connectivity index (χ0v) is 8.02. The van der Waals surface area contributed by atoms with Crippen LogP contribution in [0.5, 0.6) is 0 Å². The number of methoxy groups -OCH3 is 1. The number of rotatable bonds is 6. The fourth-order valence-corrected chi connectivity index (χ4v) is 1.88. The average molecular weight is 179 g/mol. The average Bonchev–Trinajstić information content (AvgIpc) is 2.00. The number of hydrogen-bond acceptors (Lipinski definition) is 3. The summed E-state index contributed by atoms with van der Waals surface area (Å²) < 4.78 is 16.1. The highest BCUT2D eigenvalue weighted by Gasteiger charge is 2.08. The van der Waals surface area contributed by atoms with Crippen molar-refractivity contribution in [1.82, 2.24) is 0 Å². The summed E-state index contributed by atoms with van der Waals surface area (Å²) in [5, 5.41) is 0.131. The first-order chi connectivity index (χ1) is 5.22. The van der Waals surface area contributed by atoms with Gasteiger partial charge in [0.2, 0.25) is 0 Å². The Morgan fingerprint density at radius 1 is 1.64 bits per heavy atom. The van der Waals surface area contributed by atoms with Crippen molar-refractivity contribution >= 4 is 10.8 Å². The Balaban J connectivity index is 3.47. The molecule has 0 aromatic carbocycles. The normalized spacial score (nSPS) is 16.3. The van der Waals surface area contributed by atoms with Crippen LogP contribution in [-0.4, -0.2) is 35.5 Å². The maximum Gasteiger partial charge on any atom is 0.0603 e. The van der Waals surface area contributed by atoms with E-state index in [1.807, 2.05) is 6.92 Å². The molecule has 0 amide bonds. The molecule has 2 N–H and O–H groups in total. The molecule has 0 heterocycles. The first kappa shape index (κ1) is 11.1. The van der Waals surface area contributed by atoms with Gasteiger partial charge in [0.25, 0.3) is 0 Å². The molecule has 0 aromatic rings. The minimum Gasteiger partial charge on any atom is -0.383 e. The van der Waals surface area contributed by atoms with E-state index in [1.165, 1.54) is 0 Å². The lowest BCUT2D eigenvalue weighted by atomic mass is 10.5. The fourth-order valence-electron chi connectivity index (χ4n) is 0.737. The summed E-state index contributed by atoms with van der Waals surface area (Å²) in [6, 6.07) is 0. The summed E-state index contributed by atoms with van der Waals surface area (Å²) in [5.41, 5.74) is 5.29. The molecule has 0 aliphatic heterocycles. The van der Waals surface area contributed by atoms with E-state index in [0.717, 1.165) is 6.42 Å². The topological polar surface area (TPSA) is 52.3 Å². The molecule has 0 fully saturated rings. The SMILES string of the molecule is COCC(C)S(=O)CCCN. The molecule has 0 spiro atoms. The van der Waals surface area contributed by atoms with E-state index in [2.05, 4.69) is 0 Å². The van der Waals surface area contributed by atoms with E-state index in [4.69, 9.17) is 10.5 Å². The van der Waals surface area contributed by atoms with Crippen LogP contribution in [0.1, 0.15) is 13.3 Å². The predicted molar refractivity (Wildman–Crippen MR) is 48.0 cm³/mol. The Morgan fingerprint density at radius 3 is 2.73 bits per heavy atom. The minimum atomic E-state index is -0.770. The predicted octanol–water partition coefficient (Wildman–Crippen LogP) is 0.119. The summed E-state index contributed by atoms with van der Waals surface area (Å²) in [6.45, 7) is 3.11. The van der Waals surface area contributed by atoms with Crippen LogP contribution in [-0.2, 0) is 15.5 Å². The third kappa shape index (κ3) is 5.35. The molecule has 4 heteroatoms. The summed E-state index contributed by atoms with van der Waals surface area (Å²) in [4.78, 5) is 0. The standard InChI is InChI=1S/C7H17NO2S/c1-7(6-10-2)11(9)5-3-4-8/h7H,3-6,8H2,1-2H3. The molecule has 0 saturated heterocycles. The first-order valence-electron chi connectivity index (χ1n) is 3.78. The van der Waals surface area contributed by atoms with Crippen molar-refractivity contribution in [3.05, 3.63) is 0 Å². The summed E-state index contributed by atoms with van der Waals surface area (Å²) in [5.74, 6) is 0.695. The zero-order chi connectivity index (χ0) is 8.69. The lowest BCUT2D eigenvalue weighted by Gasteiger charge is -2.08. The number of nitrogens with two attached hydrogens (primary N) is 1. The number of hydrogen-bond donors (Lipinski definition) is 1. The van der Waals surface area contributed by atoms with Gasteiger partial charge in [-0.1, -0.05) is 0 Å². The molecule has 0 aromatic heterocycles. The van der Waals surface area contributed by atoms with Crippen molar-refractivity contribution < 1.29 is 8.95 Å². The molecule has 3 nitrogen and oxygen atoms in total. The highest BCUT2D eigenvalue weighted by molar-refractivity contribution is 7.85. The van der Waals surface area contributed by atoms with Crippen molar-refractivity contribution in [3.63, 3.8) is 0 Å². The van der Waals surface area contributed by atoms with Gasteiger partial charge in [-0.2, -0.15) is 0 Å². The van der Waals surface area contributed by atoms with Gasteiger partial charge in [0.05, 0.1) is 11.9 Å². The lowest BCUT2D eigenvalue weighted by molar-refractivity contribution is 0.201. The van der Waals surface area contributed by atoms with Crippen molar-refractivity contribution in [3.8, 4) is 0 Å². The third-order valence-electron chi connectivity index (χ3n) is 1.40. The smallest absolute Gasteiger partial charge is 0.0603 e. The highest BCUT2D eigenvalue weighted by atomic mass is 32.2. The van der Waals surface area contributed by atoms with Crippen LogP contribution in [0, 0.1) is 0 Å². The Labute approximate surface area is 70.8 Å². The Kier molecular flexibility index (Phi) is 6.80. The lowest BCUT2D eigenvalue weighted by Crippen LogP contribution is -2.20. The van der Waals surface area contributed by atoms with E-state index in [1.54, 1.807) is 7.11 Å². The van der Waals surface area contributed by atoms with Crippen LogP contribution in [0.15, 0.2) is 0 Å². The Hall–Kier alpha value is 0.0700. The van der Waals surface area contributed by atoms with Gasteiger partial charge < -0.3 is 10.5 Å². The molecule has 2 atom stereocenters. The Morgan fingerprint density at radius 2 is 2.27 bits per heavy atom. The van der Waals surface area contributed by atoms with Gasteiger partial charge in [0.15, 0.2) is 0 Å². The molecule has 0 rings (SSSR count). The molecule has 0 radical (unpaired) electrons. The van der Waals surface area contributed by atoms with Gasteiger partial charge in [0, 0.05) is 23.7 Å². The molecule has 2 unspecified atom stereocenters. The van der Waals surface area contributed by atoms with Gasteiger partial charge in [-0.05, 0) is 19.9 Å². The quantitative estimate of drug-likeness (QED) is 0.630. The van der Waals surface area contributed by atoms with Crippen LogP contribution in [0.2, 0.25) is 0 Å². The van der Waals surface area contributed by atoms with Gasteiger partial charge in [0.1, 0.15) is 0 Å². The van der Waals surface area contributed by atoms with Crippen LogP contribution < -0.4 is 5.73 Å². The molecular formula is C7H17NO2S. The van der Waals surface area contributed by atoms with Crippen molar-refractivity contribution in [2.45, 2.75) is 18.6 Å². The molecule has 0 aliphatic rings. The third-order valence-corrected chi connectivity index (χ3v) is 3.12. The summed E-state index contributed by atoms with van der Waals surface area (Å²) >= 11 is 0. The van der Waals surface area contributed by atoms with Crippen LogP contribution >= 0.6 is 0 Å². The second kappa shape index (κ2) is 6.76. The van der Waals surface area contributed by atoms with Crippen LogP contribution in [0.25, 0.3) is 0 Å². The van der Waals surface area contributed by atoms with Crippen molar-refractivity contribution in [2.24, 2.45) is 5.73 Å². The van der Waals surface area contributed by atoms with Crippen molar-refractivity contribution in [2.75, 3.05) is 26.0 Å². The number of ether oxygens (including phenoxy) is 1. The first-order valence-corrected chi connectivity index (χ1v) is 5.16. The molecular weight excluding hydrogens is 162 g/mol. The second-order valence-electron chi connectivity index (χ2n) is 2.49. The molecule has 68 valence electrons. The summed E-state index contributed by atoms with van der Waals surface area (Å²) in [6.07, 6.45) is 0.834. The van der Waals surface area contributed by atoms with E-state index < -0.39 is 10.8 Å². The maximum atomic E-state index is 11.3. The van der Waals surface area contributed by atoms with E-state index in [-0.39, 0.29) is 5.25 Å². The molecule has 0 bridgehead atoms. The van der Waals surface area contributed by atoms with Gasteiger partial charge in [-0.25, -0.2) is 0 Å². The molecule has 11 heavy (non-hydrogen) atoms.